The minimum Gasteiger partial charge on any atom is -0.497 e. The van der Waals surface area contributed by atoms with E-state index in [0.29, 0.717) is 17.4 Å². The SMILES string of the molecule is CCN(Cc1ccccc1)c1cnnc(Nc2ccc(OC)cc2OC)n1. The van der Waals surface area contributed by atoms with Gasteiger partial charge < -0.3 is 19.7 Å². The normalized spacial score (nSPS) is 10.3. The monoisotopic (exact) mass is 365 g/mol. The molecule has 0 saturated carbocycles. The molecule has 140 valence electrons. The lowest BCUT2D eigenvalue weighted by molar-refractivity contribution is 0.395. The van der Waals surface area contributed by atoms with Crippen molar-refractivity contribution in [2.75, 3.05) is 31.0 Å². The summed E-state index contributed by atoms with van der Waals surface area (Å²) in [5.74, 6) is 2.51. The van der Waals surface area contributed by atoms with Gasteiger partial charge in [0.05, 0.1) is 26.1 Å². The molecule has 1 N–H and O–H groups in total. The molecule has 7 heteroatoms. The third-order valence-corrected chi connectivity index (χ3v) is 4.12. The molecule has 0 radical (unpaired) electrons. The van der Waals surface area contributed by atoms with Crippen LogP contribution in [0.15, 0.2) is 54.7 Å². The molecule has 0 unspecified atom stereocenters. The summed E-state index contributed by atoms with van der Waals surface area (Å²) in [5, 5.41) is 11.4. The van der Waals surface area contributed by atoms with Crippen molar-refractivity contribution in [2.24, 2.45) is 0 Å². The van der Waals surface area contributed by atoms with Crippen LogP contribution in [0.2, 0.25) is 0 Å². The fraction of sp³-hybridized carbons (Fsp3) is 0.250. The predicted octanol–water partition coefficient (Wildman–Crippen LogP) is 3.66. The minimum atomic E-state index is 0.405. The van der Waals surface area contributed by atoms with Crippen LogP contribution in [-0.4, -0.2) is 35.9 Å². The van der Waals surface area contributed by atoms with Gasteiger partial charge in [0.15, 0.2) is 5.82 Å². The fourth-order valence-corrected chi connectivity index (χ4v) is 2.68. The van der Waals surface area contributed by atoms with Gasteiger partial charge in [-0.25, -0.2) is 0 Å². The van der Waals surface area contributed by atoms with Crippen molar-refractivity contribution in [3.8, 4) is 11.5 Å². The molecule has 0 aliphatic carbocycles. The van der Waals surface area contributed by atoms with E-state index in [0.717, 1.165) is 24.6 Å². The highest BCUT2D eigenvalue weighted by Gasteiger charge is 2.11. The Balaban J connectivity index is 1.80. The van der Waals surface area contributed by atoms with Gasteiger partial charge in [0, 0.05) is 19.2 Å². The lowest BCUT2D eigenvalue weighted by Gasteiger charge is -2.22. The average Bonchev–Trinajstić information content (AvgIpc) is 2.73. The van der Waals surface area contributed by atoms with Crippen LogP contribution in [0.25, 0.3) is 0 Å². The largest absolute Gasteiger partial charge is 0.497 e. The highest BCUT2D eigenvalue weighted by atomic mass is 16.5. The second-order valence-corrected chi connectivity index (χ2v) is 5.83. The maximum Gasteiger partial charge on any atom is 0.249 e. The Morgan fingerprint density at radius 2 is 1.85 bits per heavy atom. The Hall–Kier alpha value is -3.35. The van der Waals surface area contributed by atoms with E-state index in [9.17, 15) is 0 Å². The number of anilines is 3. The number of methoxy groups -OCH3 is 2. The van der Waals surface area contributed by atoms with Gasteiger partial charge >= 0.3 is 0 Å². The maximum absolute atomic E-state index is 5.41. The number of hydrogen-bond acceptors (Lipinski definition) is 7. The van der Waals surface area contributed by atoms with E-state index in [2.05, 4.69) is 44.5 Å². The number of nitrogens with zero attached hydrogens (tertiary/aromatic N) is 4. The van der Waals surface area contributed by atoms with E-state index in [4.69, 9.17) is 9.47 Å². The van der Waals surface area contributed by atoms with E-state index < -0.39 is 0 Å². The summed E-state index contributed by atoms with van der Waals surface area (Å²) in [6, 6.07) is 15.8. The van der Waals surface area contributed by atoms with Crippen molar-refractivity contribution in [2.45, 2.75) is 13.5 Å². The van der Waals surface area contributed by atoms with Gasteiger partial charge in [-0.15, -0.1) is 5.10 Å². The summed E-state index contributed by atoms with van der Waals surface area (Å²) < 4.78 is 10.6. The van der Waals surface area contributed by atoms with Crippen LogP contribution in [0.3, 0.4) is 0 Å². The lowest BCUT2D eigenvalue weighted by Crippen LogP contribution is -2.23. The Bertz CT molecular complexity index is 873. The quantitative estimate of drug-likeness (QED) is 0.653. The van der Waals surface area contributed by atoms with Crippen LogP contribution in [0.4, 0.5) is 17.5 Å². The number of rotatable bonds is 8. The fourth-order valence-electron chi connectivity index (χ4n) is 2.68. The third kappa shape index (κ3) is 4.63. The van der Waals surface area contributed by atoms with E-state index in [1.54, 1.807) is 26.5 Å². The van der Waals surface area contributed by atoms with Gasteiger partial charge in [0.25, 0.3) is 0 Å². The first kappa shape index (κ1) is 18.4. The molecule has 2 aromatic carbocycles. The summed E-state index contributed by atoms with van der Waals surface area (Å²) in [6.45, 7) is 3.64. The standard InChI is InChI=1S/C20H23N5O2/c1-4-25(14-15-8-6-5-7-9-15)19-13-21-24-20(23-19)22-17-11-10-16(26-2)12-18(17)27-3/h5-13H,4,14H2,1-3H3,(H,22,23,24). The number of ether oxygens (including phenoxy) is 2. The summed E-state index contributed by atoms with van der Waals surface area (Å²) in [6.07, 6.45) is 1.67. The van der Waals surface area contributed by atoms with Gasteiger partial charge in [-0.3, -0.25) is 0 Å². The second-order valence-electron chi connectivity index (χ2n) is 5.83. The Kier molecular flexibility index (Phi) is 6.04. The van der Waals surface area contributed by atoms with Crippen molar-refractivity contribution in [1.29, 1.82) is 0 Å². The lowest BCUT2D eigenvalue weighted by atomic mass is 10.2. The minimum absolute atomic E-state index is 0.405. The van der Waals surface area contributed by atoms with Crippen LogP contribution < -0.4 is 19.7 Å². The van der Waals surface area contributed by atoms with Crippen LogP contribution in [-0.2, 0) is 6.54 Å². The van der Waals surface area contributed by atoms with Gasteiger partial charge in [0.1, 0.15) is 11.5 Å². The summed E-state index contributed by atoms with van der Waals surface area (Å²) in [5.41, 5.74) is 1.95. The molecular weight excluding hydrogens is 342 g/mol. The van der Waals surface area contributed by atoms with Gasteiger partial charge in [-0.2, -0.15) is 10.1 Å². The summed E-state index contributed by atoms with van der Waals surface area (Å²) in [7, 11) is 3.22. The van der Waals surface area contributed by atoms with Gasteiger partial charge in [-0.05, 0) is 24.6 Å². The molecule has 1 aromatic heterocycles. The van der Waals surface area contributed by atoms with Crippen LogP contribution in [0, 0.1) is 0 Å². The molecule has 1 heterocycles. The zero-order valence-electron chi connectivity index (χ0n) is 15.7. The molecule has 3 rings (SSSR count). The highest BCUT2D eigenvalue weighted by molar-refractivity contribution is 5.64. The van der Waals surface area contributed by atoms with Crippen LogP contribution in [0.5, 0.6) is 11.5 Å². The summed E-state index contributed by atoms with van der Waals surface area (Å²) >= 11 is 0. The van der Waals surface area contributed by atoms with E-state index in [1.165, 1.54) is 5.56 Å². The molecule has 7 nitrogen and oxygen atoms in total. The molecule has 27 heavy (non-hydrogen) atoms. The molecule has 0 bridgehead atoms. The molecular formula is C20H23N5O2. The van der Waals surface area contributed by atoms with Gasteiger partial charge in [-0.1, -0.05) is 30.3 Å². The number of hydrogen-bond donors (Lipinski definition) is 1. The third-order valence-electron chi connectivity index (χ3n) is 4.12. The molecule has 0 aliphatic rings. The molecule has 0 saturated heterocycles. The highest BCUT2D eigenvalue weighted by Crippen LogP contribution is 2.30. The van der Waals surface area contributed by atoms with Crippen molar-refractivity contribution in [3.63, 3.8) is 0 Å². The van der Waals surface area contributed by atoms with Crippen molar-refractivity contribution >= 4 is 17.5 Å². The van der Waals surface area contributed by atoms with E-state index in [1.807, 2.05) is 30.3 Å². The number of aromatic nitrogens is 3. The van der Waals surface area contributed by atoms with Crippen LogP contribution >= 0.6 is 0 Å². The average molecular weight is 365 g/mol. The smallest absolute Gasteiger partial charge is 0.249 e. The second kappa shape index (κ2) is 8.84. The molecule has 0 spiro atoms. The van der Waals surface area contributed by atoms with E-state index >= 15 is 0 Å². The maximum atomic E-state index is 5.41. The first-order chi connectivity index (χ1) is 13.2. The molecule has 0 fully saturated rings. The first-order valence-electron chi connectivity index (χ1n) is 8.71. The number of benzene rings is 2. The van der Waals surface area contributed by atoms with Gasteiger partial charge in [0.2, 0.25) is 5.95 Å². The topological polar surface area (TPSA) is 72.4 Å². The Morgan fingerprint density at radius 3 is 2.56 bits per heavy atom. The molecule has 0 atom stereocenters. The first-order valence-corrected chi connectivity index (χ1v) is 8.71. The Morgan fingerprint density at radius 1 is 1.04 bits per heavy atom. The molecule has 0 aliphatic heterocycles. The zero-order valence-corrected chi connectivity index (χ0v) is 15.7. The van der Waals surface area contributed by atoms with E-state index in [-0.39, 0.29) is 0 Å². The van der Waals surface area contributed by atoms with Crippen molar-refractivity contribution in [1.82, 2.24) is 15.2 Å². The molecule has 0 amide bonds. The van der Waals surface area contributed by atoms with Crippen molar-refractivity contribution < 1.29 is 9.47 Å². The Labute approximate surface area is 159 Å². The predicted molar refractivity (Wildman–Crippen MR) is 106 cm³/mol. The molecule has 3 aromatic rings. The van der Waals surface area contributed by atoms with Crippen molar-refractivity contribution in [3.05, 3.63) is 60.3 Å². The van der Waals surface area contributed by atoms with Crippen LogP contribution in [0.1, 0.15) is 12.5 Å². The number of nitrogens with one attached hydrogen (secondary N) is 1. The zero-order chi connectivity index (χ0) is 19.1. The summed E-state index contributed by atoms with van der Waals surface area (Å²) in [4.78, 5) is 6.75.